The third-order valence-electron chi connectivity index (χ3n) is 3.78. The zero-order valence-corrected chi connectivity index (χ0v) is 13.0. The number of benzene rings is 2. The Kier molecular flexibility index (Phi) is 5.48. The molecule has 2 aromatic rings. The summed E-state index contributed by atoms with van der Waals surface area (Å²) in [6.07, 6.45) is 4.12. The number of nitriles is 1. The van der Waals surface area contributed by atoms with E-state index in [1.807, 2.05) is 6.07 Å². The Morgan fingerprint density at radius 3 is 2.61 bits per heavy atom. The van der Waals surface area contributed by atoms with Crippen molar-refractivity contribution >= 4 is 5.97 Å². The van der Waals surface area contributed by atoms with Gasteiger partial charge in [-0.15, -0.1) is 0 Å². The minimum Gasteiger partial charge on any atom is -0.478 e. The molecule has 0 aliphatic carbocycles. The first-order valence-corrected chi connectivity index (χ1v) is 7.63. The molecular formula is C19H18FNO2. The first-order chi connectivity index (χ1) is 11.1. The molecule has 0 atom stereocenters. The first-order valence-electron chi connectivity index (χ1n) is 7.63. The van der Waals surface area contributed by atoms with Crippen molar-refractivity contribution in [3.8, 4) is 17.2 Å². The van der Waals surface area contributed by atoms with E-state index in [2.05, 4.69) is 6.92 Å². The van der Waals surface area contributed by atoms with Gasteiger partial charge in [0, 0.05) is 0 Å². The summed E-state index contributed by atoms with van der Waals surface area (Å²) in [7, 11) is 0. The average Bonchev–Trinajstić information content (AvgIpc) is 2.54. The molecule has 0 aliphatic rings. The lowest BCUT2D eigenvalue weighted by Crippen LogP contribution is -2.01. The van der Waals surface area contributed by atoms with Crippen LogP contribution in [-0.2, 0) is 6.42 Å². The maximum Gasteiger partial charge on any atom is 0.336 e. The summed E-state index contributed by atoms with van der Waals surface area (Å²) in [6.45, 7) is 2.12. The van der Waals surface area contributed by atoms with E-state index in [0.29, 0.717) is 11.1 Å². The van der Waals surface area contributed by atoms with Gasteiger partial charge in [-0.2, -0.15) is 5.26 Å². The third-order valence-corrected chi connectivity index (χ3v) is 3.78. The summed E-state index contributed by atoms with van der Waals surface area (Å²) in [6, 6.07) is 11.1. The number of carboxylic acids is 1. The fraction of sp³-hybridized carbons (Fsp3) is 0.263. The van der Waals surface area contributed by atoms with Crippen LogP contribution in [-0.4, -0.2) is 11.1 Å². The monoisotopic (exact) mass is 311 g/mol. The second kappa shape index (κ2) is 7.55. The highest BCUT2D eigenvalue weighted by molar-refractivity contribution is 5.96. The van der Waals surface area contributed by atoms with Crippen molar-refractivity contribution in [1.82, 2.24) is 0 Å². The Labute approximate surface area is 135 Å². The fourth-order valence-corrected chi connectivity index (χ4v) is 2.52. The van der Waals surface area contributed by atoms with Gasteiger partial charge in [0.25, 0.3) is 0 Å². The Morgan fingerprint density at radius 1 is 1.22 bits per heavy atom. The van der Waals surface area contributed by atoms with Crippen molar-refractivity contribution in [1.29, 1.82) is 5.26 Å². The molecule has 0 aliphatic heterocycles. The molecule has 23 heavy (non-hydrogen) atoms. The molecule has 0 amide bonds. The predicted octanol–water partition coefficient (Wildman–Crippen LogP) is 4.80. The highest BCUT2D eigenvalue weighted by atomic mass is 19.1. The number of rotatable bonds is 6. The second-order valence-corrected chi connectivity index (χ2v) is 5.45. The zero-order chi connectivity index (χ0) is 16.8. The molecule has 0 saturated carbocycles. The van der Waals surface area contributed by atoms with Gasteiger partial charge in [-0.1, -0.05) is 38.0 Å². The molecule has 0 unspecified atom stereocenters. The minimum atomic E-state index is -1.05. The van der Waals surface area contributed by atoms with Gasteiger partial charge in [0.05, 0.1) is 11.1 Å². The number of hydrogen-bond donors (Lipinski definition) is 1. The van der Waals surface area contributed by atoms with Crippen LogP contribution in [0.1, 0.15) is 47.7 Å². The van der Waals surface area contributed by atoms with Gasteiger partial charge in [0.2, 0.25) is 0 Å². The smallest absolute Gasteiger partial charge is 0.336 e. The lowest BCUT2D eigenvalue weighted by molar-refractivity contribution is 0.0697. The van der Waals surface area contributed by atoms with Gasteiger partial charge in [-0.05, 0) is 47.7 Å². The maximum atomic E-state index is 13.8. The van der Waals surface area contributed by atoms with E-state index >= 15 is 0 Å². The van der Waals surface area contributed by atoms with E-state index in [9.17, 15) is 14.3 Å². The second-order valence-electron chi connectivity index (χ2n) is 5.45. The van der Waals surface area contributed by atoms with Crippen LogP contribution in [0.5, 0.6) is 0 Å². The Bertz CT molecular complexity index is 762. The third kappa shape index (κ3) is 3.95. The predicted molar refractivity (Wildman–Crippen MR) is 86.7 cm³/mol. The molecule has 0 bridgehead atoms. The summed E-state index contributed by atoms with van der Waals surface area (Å²) >= 11 is 0. The molecule has 2 rings (SSSR count). The fourth-order valence-electron chi connectivity index (χ4n) is 2.52. The molecular weight excluding hydrogens is 293 g/mol. The quantitative estimate of drug-likeness (QED) is 0.780. The molecule has 0 spiro atoms. The van der Waals surface area contributed by atoms with Crippen LogP contribution >= 0.6 is 0 Å². The lowest BCUT2D eigenvalue weighted by atomic mass is 9.94. The van der Waals surface area contributed by atoms with E-state index in [1.54, 1.807) is 24.3 Å². The number of carbonyl (C=O) groups is 1. The number of aryl methyl sites for hydroxylation is 1. The molecule has 4 heteroatoms. The van der Waals surface area contributed by atoms with E-state index in [0.717, 1.165) is 31.2 Å². The number of hydrogen-bond acceptors (Lipinski definition) is 2. The van der Waals surface area contributed by atoms with E-state index in [4.69, 9.17) is 5.26 Å². The van der Waals surface area contributed by atoms with Crippen LogP contribution in [0.2, 0.25) is 0 Å². The standard InChI is InChI=1S/C19H18FNO2/c1-2-3-4-5-13-6-9-16(19(22)23)17(10-13)14-7-8-15(12-21)18(20)11-14/h6-11H,2-5H2,1H3,(H,22,23). The van der Waals surface area contributed by atoms with E-state index < -0.39 is 11.8 Å². The largest absolute Gasteiger partial charge is 0.478 e. The summed E-state index contributed by atoms with van der Waals surface area (Å²) in [4.78, 5) is 11.4. The molecule has 0 fully saturated rings. The molecule has 3 nitrogen and oxygen atoms in total. The average molecular weight is 311 g/mol. The lowest BCUT2D eigenvalue weighted by Gasteiger charge is -2.10. The van der Waals surface area contributed by atoms with Crippen LogP contribution in [0.25, 0.3) is 11.1 Å². The summed E-state index contributed by atoms with van der Waals surface area (Å²) in [5.41, 5.74) is 2.06. The molecule has 0 aromatic heterocycles. The van der Waals surface area contributed by atoms with Gasteiger partial charge in [-0.25, -0.2) is 9.18 Å². The number of carboxylic acid groups (broad SMARTS) is 1. The Morgan fingerprint density at radius 2 is 2.00 bits per heavy atom. The van der Waals surface area contributed by atoms with Crippen LogP contribution in [0.15, 0.2) is 36.4 Å². The van der Waals surface area contributed by atoms with Crippen molar-refractivity contribution in [2.45, 2.75) is 32.6 Å². The summed E-state index contributed by atoms with van der Waals surface area (Å²) in [5.74, 6) is -1.69. The normalized spacial score (nSPS) is 10.3. The highest BCUT2D eigenvalue weighted by Gasteiger charge is 2.14. The SMILES string of the molecule is CCCCCc1ccc(C(=O)O)c(-c2ccc(C#N)c(F)c2)c1. The first kappa shape index (κ1) is 16.7. The number of aromatic carboxylic acids is 1. The van der Waals surface area contributed by atoms with E-state index in [1.165, 1.54) is 12.1 Å². The summed E-state index contributed by atoms with van der Waals surface area (Å²) in [5, 5.41) is 18.2. The molecule has 0 radical (unpaired) electrons. The number of halogens is 1. The Balaban J connectivity index is 2.45. The zero-order valence-electron chi connectivity index (χ0n) is 13.0. The van der Waals surface area contributed by atoms with Crippen molar-refractivity contribution in [2.75, 3.05) is 0 Å². The topological polar surface area (TPSA) is 61.1 Å². The van der Waals surface area contributed by atoms with Crippen molar-refractivity contribution in [3.05, 3.63) is 58.9 Å². The van der Waals surface area contributed by atoms with Crippen LogP contribution < -0.4 is 0 Å². The molecule has 118 valence electrons. The van der Waals surface area contributed by atoms with Gasteiger partial charge < -0.3 is 5.11 Å². The molecule has 2 aromatic carbocycles. The van der Waals surface area contributed by atoms with Crippen molar-refractivity contribution in [2.24, 2.45) is 0 Å². The number of unbranched alkanes of at least 4 members (excludes halogenated alkanes) is 2. The Hall–Kier alpha value is -2.67. The van der Waals surface area contributed by atoms with Crippen LogP contribution in [0.3, 0.4) is 0 Å². The summed E-state index contributed by atoms with van der Waals surface area (Å²) < 4.78 is 13.8. The molecule has 0 heterocycles. The molecule has 1 N–H and O–H groups in total. The van der Waals surface area contributed by atoms with Gasteiger partial charge in [0.15, 0.2) is 0 Å². The minimum absolute atomic E-state index is 0.0512. The van der Waals surface area contributed by atoms with Crippen LogP contribution in [0.4, 0.5) is 4.39 Å². The highest BCUT2D eigenvalue weighted by Crippen LogP contribution is 2.27. The van der Waals surface area contributed by atoms with E-state index in [-0.39, 0.29) is 11.1 Å². The molecule has 0 saturated heterocycles. The number of nitrogens with zero attached hydrogens (tertiary/aromatic N) is 1. The van der Waals surface area contributed by atoms with Crippen molar-refractivity contribution < 1.29 is 14.3 Å². The van der Waals surface area contributed by atoms with Gasteiger partial charge in [0.1, 0.15) is 11.9 Å². The van der Waals surface area contributed by atoms with Gasteiger partial charge >= 0.3 is 5.97 Å². The maximum absolute atomic E-state index is 13.8. The van der Waals surface area contributed by atoms with Gasteiger partial charge in [-0.3, -0.25) is 0 Å². The van der Waals surface area contributed by atoms with Crippen LogP contribution in [0, 0.1) is 17.1 Å². The van der Waals surface area contributed by atoms with Crippen molar-refractivity contribution in [3.63, 3.8) is 0 Å².